The first-order valence-electron chi connectivity index (χ1n) is 5.84. The van der Waals surface area contributed by atoms with Gasteiger partial charge in [-0.1, -0.05) is 6.42 Å². The second-order valence-electron chi connectivity index (χ2n) is 4.37. The Hall–Kier alpha value is -0.900. The number of imide groups is 1. The van der Waals surface area contributed by atoms with E-state index in [9.17, 15) is 9.59 Å². The lowest BCUT2D eigenvalue weighted by Gasteiger charge is -2.25. The molecule has 4 nitrogen and oxygen atoms in total. The van der Waals surface area contributed by atoms with Gasteiger partial charge in [-0.3, -0.25) is 14.5 Å². The van der Waals surface area contributed by atoms with Crippen molar-refractivity contribution in [2.75, 3.05) is 13.1 Å². The molecule has 2 fully saturated rings. The molecule has 2 heterocycles. The summed E-state index contributed by atoms with van der Waals surface area (Å²) in [4.78, 5) is 24.1. The van der Waals surface area contributed by atoms with E-state index < -0.39 is 0 Å². The Bertz CT molecular complexity index is 243. The molecule has 0 unspecified atom stereocenters. The SMILES string of the molecule is O=C1CCC(=O)N1CC[C@@H]1CCCCN1. The Labute approximate surface area is 90.0 Å². The van der Waals surface area contributed by atoms with E-state index in [0.29, 0.717) is 25.4 Å². The van der Waals surface area contributed by atoms with Gasteiger partial charge in [0.05, 0.1) is 0 Å². The molecule has 0 spiro atoms. The molecule has 0 saturated carbocycles. The van der Waals surface area contributed by atoms with E-state index in [1.54, 1.807) is 0 Å². The highest BCUT2D eigenvalue weighted by Crippen LogP contribution is 2.15. The summed E-state index contributed by atoms with van der Waals surface area (Å²) in [7, 11) is 0. The predicted octanol–water partition coefficient (Wildman–Crippen LogP) is 0.668. The molecular formula is C11H18N2O2. The van der Waals surface area contributed by atoms with Crippen molar-refractivity contribution in [2.45, 2.75) is 44.6 Å². The van der Waals surface area contributed by atoms with Crippen LogP contribution in [-0.2, 0) is 9.59 Å². The van der Waals surface area contributed by atoms with Gasteiger partial charge in [-0.2, -0.15) is 0 Å². The van der Waals surface area contributed by atoms with Gasteiger partial charge in [-0.15, -0.1) is 0 Å². The number of hydrogen-bond donors (Lipinski definition) is 1. The molecule has 2 saturated heterocycles. The highest BCUT2D eigenvalue weighted by Gasteiger charge is 2.29. The summed E-state index contributed by atoms with van der Waals surface area (Å²) in [6.07, 6.45) is 5.43. The summed E-state index contributed by atoms with van der Waals surface area (Å²) in [5.41, 5.74) is 0. The van der Waals surface area contributed by atoms with Crippen molar-refractivity contribution in [1.29, 1.82) is 0 Å². The first-order chi connectivity index (χ1) is 7.27. The second kappa shape index (κ2) is 4.75. The average molecular weight is 210 g/mol. The minimum Gasteiger partial charge on any atom is -0.314 e. The molecule has 2 amide bonds. The Balaban J connectivity index is 1.76. The van der Waals surface area contributed by atoms with Gasteiger partial charge in [0.25, 0.3) is 0 Å². The van der Waals surface area contributed by atoms with E-state index in [1.165, 1.54) is 24.2 Å². The highest BCUT2D eigenvalue weighted by atomic mass is 16.2. The quantitative estimate of drug-likeness (QED) is 0.696. The van der Waals surface area contributed by atoms with Crippen molar-refractivity contribution in [3.05, 3.63) is 0 Å². The Morgan fingerprint density at radius 3 is 2.53 bits per heavy atom. The Kier molecular flexibility index (Phi) is 3.36. The van der Waals surface area contributed by atoms with Crippen LogP contribution in [0.15, 0.2) is 0 Å². The van der Waals surface area contributed by atoms with Crippen molar-refractivity contribution >= 4 is 11.8 Å². The van der Waals surface area contributed by atoms with Gasteiger partial charge in [0.1, 0.15) is 0 Å². The molecule has 1 atom stereocenters. The van der Waals surface area contributed by atoms with Gasteiger partial charge >= 0.3 is 0 Å². The summed E-state index contributed by atoms with van der Waals surface area (Å²) in [6, 6.07) is 0.500. The van der Waals surface area contributed by atoms with Crippen LogP contribution < -0.4 is 5.32 Å². The second-order valence-corrected chi connectivity index (χ2v) is 4.37. The van der Waals surface area contributed by atoms with Gasteiger partial charge in [0.2, 0.25) is 11.8 Å². The lowest BCUT2D eigenvalue weighted by atomic mass is 10.0. The Morgan fingerprint density at radius 2 is 1.93 bits per heavy atom. The first-order valence-corrected chi connectivity index (χ1v) is 5.84. The number of carbonyl (C=O) groups excluding carboxylic acids is 2. The number of nitrogens with one attached hydrogen (secondary N) is 1. The number of hydrogen-bond acceptors (Lipinski definition) is 3. The smallest absolute Gasteiger partial charge is 0.229 e. The van der Waals surface area contributed by atoms with E-state index in [1.807, 2.05) is 0 Å². The number of piperidine rings is 1. The van der Waals surface area contributed by atoms with Crippen molar-refractivity contribution in [3.63, 3.8) is 0 Å². The standard InChI is InChI=1S/C11H18N2O2/c14-10-4-5-11(15)13(10)8-6-9-3-1-2-7-12-9/h9,12H,1-8H2/t9-/m0/s1. The van der Waals surface area contributed by atoms with Gasteiger partial charge in [0, 0.05) is 25.4 Å². The van der Waals surface area contributed by atoms with Crippen LogP contribution in [-0.4, -0.2) is 35.8 Å². The van der Waals surface area contributed by atoms with Crippen LogP contribution in [0.4, 0.5) is 0 Å². The molecule has 0 aromatic heterocycles. The molecule has 84 valence electrons. The maximum atomic E-state index is 11.3. The van der Waals surface area contributed by atoms with Crippen molar-refractivity contribution < 1.29 is 9.59 Å². The average Bonchev–Trinajstić information content (AvgIpc) is 2.58. The lowest BCUT2D eigenvalue weighted by Crippen LogP contribution is -2.38. The maximum absolute atomic E-state index is 11.3. The fraction of sp³-hybridized carbons (Fsp3) is 0.818. The molecule has 0 aromatic rings. The summed E-state index contributed by atoms with van der Waals surface area (Å²) < 4.78 is 0. The molecular weight excluding hydrogens is 192 g/mol. The molecule has 1 N–H and O–H groups in total. The molecule has 2 aliphatic heterocycles. The van der Waals surface area contributed by atoms with Crippen molar-refractivity contribution in [3.8, 4) is 0 Å². The van der Waals surface area contributed by atoms with Crippen LogP contribution in [0, 0.1) is 0 Å². The third-order valence-corrected chi connectivity index (χ3v) is 3.27. The lowest BCUT2D eigenvalue weighted by molar-refractivity contribution is -0.138. The summed E-state index contributed by atoms with van der Waals surface area (Å²) >= 11 is 0. The molecule has 0 aromatic carbocycles. The number of nitrogens with zero attached hydrogens (tertiary/aromatic N) is 1. The first kappa shape index (κ1) is 10.6. The van der Waals surface area contributed by atoms with Crippen LogP contribution in [0.2, 0.25) is 0 Å². The number of likely N-dealkylation sites (tertiary alicyclic amines) is 1. The fourth-order valence-electron chi connectivity index (χ4n) is 2.33. The maximum Gasteiger partial charge on any atom is 0.229 e. The van der Waals surface area contributed by atoms with Crippen LogP contribution in [0.3, 0.4) is 0 Å². The number of carbonyl (C=O) groups is 2. The van der Waals surface area contributed by atoms with Crippen LogP contribution in [0.5, 0.6) is 0 Å². The van der Waals surface area contributed by atoms with Crippen molar-refractivity contribution in [1.82, 2.24) is 10.2 Å². The minimum atomic E-state index is 0.0100. The van der Waals surface area contributed by atoms with E-state index in [4.69, 9.17) is 0 Å². The van der Waals surface area contributed by atoms with Gasteiger partial charge < -0.3 is 5.32 Å². The zero-order chi connectivity index (χ0) is 10.7. The zero-order valence-corrected chi connectivity index (χ0v) is 9.00. The highest BCUT2D eigenvalue weighted by molar-refractivity contribution is 6.01. The topological polar surface area (TPSA) is 49.4 Å². The molecule has 2 rings (SSSR count). The van der Waals surface area contributed by atoms with E-state index >= 15 is 0 Å². The number of rotatable bonds is 3. The van der Waals surface area contributed by atoms with Gasteiger partial charge in [-0.25, -0.2) is 0 Å². The summed E-state index contributed by atoms with van der Waals surface area (Å²) in [5.74, 6) is 0.0200. The molecule has 2 aliphatic rings. The minimum absolute atomic E-state index is 0.0100. The van der Waals surface area contributed by atoms with Crippen LogP contribution in [0.1, 0.15) is 38.5 Å². The largest absolute Gasteiger partial charge is 0.314 e. The van der Waals surface area contributed by atoms with Gasteiger partial charge in [-0.05, 0) is 25.8 Å². The van der Waals surface area contributed by atoms with E-state index in [2.05, 4.69) is 5.32 Å². The van der Waals surface area contributed by atoms with E-state index in [0.717, 1.165) is 13.0 Å². The summed E-state index contributed by atoms with van der Waals surface area (Å²) in [6.45, 7) is 1.68. The normalized spacial score (nSPS) is 27.5. The molecule has 0 radical (unpaired) electrons. The van der Waals surface area contributed by atoms with Crippen LogP contribution >= 0.6 is 0 Å². The third-order valence-electron chi connectivity index (χ3n) is 3.27. The third kappa shape index (κ3) is 2.56. The molecule has 15 heavy (non-hydrogen) atoms. The van der Waals surface area contributed by atoms with Crippen molar-refractivity contribution in [2.24, 2.45) is 0 Å². The Morgan fingerprint density at radius 1 is 1.20 bits per heavy atom. The molecule has 4 heteroatoms. The predicted molar refractivity (Wildman–Crippen MR) is 56.2 cm³/mol. The molecule has 0 aliphatic carbocycles. The summed E-state index contributed by atoms with van der Waals surface area (Å²) in [5, 5.41) is 3.42. The zero-order valence-electron chi connectivity index (χ0n) is 9.00. The fourth-order valence-corrected chi connectivity index (χ4v) is 2.33. The van der Waals surface area contributed by atoms with Gasteiger partial charge in [0.15, 0.2) is 0 Å². The number of amides is 2. The monoisotopic (exact) mass is 210 g/mol. The van der Waals surface area contributed by atoms with E-state index in [-0.39, 0.29) is 11.8 Å². The molecule has 0 bridgehead atoms. The van der Waals surface area contributed by atoms with Crippen LogP contribution in [0.25, 0.3) is 0 Å².